The molecule has 2 N–H and O–H groups in total. The van der Waals surface area contributed by atoms with Crippen LogP contribution in [0.4, 0.5) is 4.79 Å². The van der Waals surface area contributed by atoms with Gasteiger partial charge in [-0.15, -0.1) is 0 Å². The van der Waals surface area contributed by atoms with Gasteiger partial charge in [0.25, 0.3) is 0 Å². The van der Waals surface area contributed by atoms with Crippen molar-refractivity contribution in [1.29, 1.82) is 0 Å². The van der Waals surface area contributed by atoms with E-state index < -0.39 is 0 Å². The molecule has 1 aliphatic heterocycles. The second-order valence-corrected chi connectivity index (χ2v) is 5.31. The Balaban J connectivity index is 1.72. The number of nitrogens with two attached hydrogens (primary N) is 1. The predicted octanol–water partition coefficient (Wildman–Crippen LogP) is 1.29. The average Bonchev–Trinajstić information content (AvgIpc) is 2.46. The van der Waals surface area contributed by atoms with E-state index in [4.69, 9.17) is 10.5 Å². The van der Waals surface area contributed by atoms with Crippen molar-refractivity contribution in [3.8, 4) is 0 Å². The smallest absolute Gasteiger partial charge is 0.410 e. The lowest BCUT2D eigenvalue weighted by molar-refractivity contribution is 0.0708. The highest BCUT2D eigenvalue weighted by Crippen LogP contribution is 2.07. The van der Waals surface area contributed by atoms with Gasteiger partial charge in [-0.2, -0.15) is 0 Å². The monoisotopic (exact) mass is 277 g/mol. The van der Waals surface area contributed by atoms with Crippen LogP contribution in [0.3, 0.4) is 0 Å². The standard InChI is InChI=1S/C15H23N3O2/c1-13(16)11-17-7-9-18(10-8-17)15(19)20-12-14-5-3-2-4-6-14/h2-6,13H,7-12,16H2,1H3. The molecule has 1 heterocycles. The maximum absolute atomic E-state index is 12.0. The SMILES string of the molecule is CC(N)CN1CCN(C(=O)OCc2ccccc2)CC1. The molecule has 20 heavy (non-hydrogen) atoms. The summed E-state index contributed by atoms with van der Waals surface area (Å²) in [6, 6.07) is 9.91. The lowest BCUT2D eigenvalue weighted by Crippen LogP contribution is -2.51. The van der Waals surface area contributed by atoms with Crippen LogP contribution in [0.15, 0.2) is 30.3 Å². The van der Waals surface area contributed by atoms with Gasteiger partial charge in [0.2, 0.25) is 0 Å². The van der Waals surface area contributed by atoms with Gasteiger partial charge in [-0.3, -0.25) is 4.90 Å². The number of nitrogens with zero attached hydrogens (tertiary/aromatic N) is 2. The first kappa shape index (κ1) is 14.8. The number of carbonyl (C=O) groups excluding carboxylic acids is 1. The van der Waals surface area contributed by atoms with Gasteiger partial charge in [-0.25, -0.2) is 4.79 Å². The third-order valence-electron chi connectivity index (χ3n) is 3.38. The number of carbonyl (C=O) groups is 1. The Morgan fingerprint density at radius 2 is 1.90 bits per heavy atom. The van der Waals surface area contributed by atoms with Crippen LogP contribution in [-0.4, -0.2) is 54.7 Å². The molecule has 0 saturated carbocycles. The van der Waals surface area contributed by atoms with E-state index in [1.54, 1.807) is 4.90 Å². The van der Waals surface area contributed by atoms with E-state index >= 15 is 0 Å². The van der Waals surface area contributed by atoms with Gasteiger partial charge in [0.15, 0.2) is 0 Å². The van der Waals surface area contributed by atoms with Crippen LogP contribution < -0.4 is 5.73 Å². The number of hydrogen-bond donors (Lipinski definition) is 1. The molecule has 1 fully saturated rings. The Labute approximate surface area is 120 Å². The second kappa shape index (κ2) is 7.26. The van der Waals surface area contributed by atoms with E-state index in [0.29, 0.717) is 19.7 Å². The molecule has 0 spiro atoms. The zero-order valence-corrected chi connectivity index (χ0v) is 12.0. The van der Waals surface area contributed by atoms with Crippen LogP contribution in [-0.2, 0) is 11.3 Å². The average molecular weight is 277 g/mol. The van der Waals surface area contributed by atoms with E-state index in [-0.39, 0.29) is 12.1 Å². The van der Waals surface area contributed by atoms with Crippen molar-refractivity contribution in [2.75, 3.05) is 32.7 Å². The molecule has 0 radical (unpaired) electrons. The third-order valence-corrected chi connectivity index (χ3v) is 3.38. The summed E-state index contributed by atoms with van der Waals surface area (Å²) in [5, 5.41) is 0. The summed E-state index contributed by atoms with van der Waals surface area (Å²) in [5.74, 6) is 0. The van der Waals surface area contributed by atoms with E-state index in [1.807, 2.05) is 37.3 Å². The summed E-state index contributed by atoms with van der Waals surface area (Å²) in [6.45, 7) is 6.36. The van der Waals surface area contributed by atoms with Crippen molar-refractivity contribution in [2.45, 2.75) is 19.6 Å². The number of rotatable bonds is 4. The topological polar surface area (TPSA) is 58.8 Å². The minimum absolute atomic E-state index is 0.173. The molecule has 1 saturated heterocycles. The highest BCUT2D eigenvalue weighted by Gasteiger charge is 2.22. The first-order chi connectivity index (χ1) is 9.65. The Bertz CT molecular complexity index is 414. The maximum atomic E-state index is 12.0. The molecule has 1 atom stereocenters. The Kier molecular flexibility index (Phi) is 5.38. The lowest BCUT2D eigenvalue weighted by atomic mass is 10.2. The second-order valence-electron chi connectivity index (χ2n) is 5.31. The zero-order valence-electron chi connectivity index (χ0n) is 12.0. The molecule has 2 rings (SSSR count). The van der Waals surface area contributed by atoms with E-state index in [9.17, 15) is 4.79 Å². The fraction of sp³-hybridized carbons (Fsp3) is 0.533. The number of ether oxygens (including phenoxy) is 1. The molecule has 1 unspecified atom stereocenters. The van der Waals surface area contributed by atoms with Crippen molar-refractivity contribution in [2.24, 2.45) is 5.73 Å². The summed E-state index contributed by atoms with van der Waals surface area (Å²) in [7, 11) is 0. The highest BCUT2D eigenvalue weighted by molar-refractivity contribution is 5.67. The van der Waals surface area contributed by atoms with E-state index in [1.165, 1.54) is 0 Å². The normalized spacial score (nSPS) is 17.8. The van der Waals surface area contributed by atoms with Gasteiger partial charge in [0.1, 0.15) is 6.61 Å². The minimum Gasteiger partial charge on any atom is -0.445 e. The fourth-order valence-corrected chi connectivity index (χ4v) is 2.33. The van der Waals surface area contributed by atoms with Crippen LogP contribution in [0.25, 0.3) is 0 Å². The van der Waals surface area contributed by atoms with Crippen molar-refractivity contribution < 1.29 is 9.53 Å². The van der Waals surface area contributed by atoms with Crippen molar-refractivity contribution in [3.05, 3.63) is 35.9 Å². The molecular weight excluding hydrogens is 254 g/mol. The lowest BCUT2D eigenvalue weighted by Gasteiger charge is -2.34. The van der Waals surface area contributed by atoms with Crippen LogP contribution in [0.2, 0.25) is 0 Å². The summed E-state index contributed by atoms with van der Waals surface area (Å²) in [6.07, 6.45) is -0.227. The van der Waals surface area contributed by atoms with Gasteiger partial charge < -0.3 is 15.4 Å². The van der Waals surface area contributed by atoms with Gasteiger partial charge in [-0.05, 0) is 12.5 Å². The maximum Gasteiger partial charge on any atom is 0.410 e. The van der Waals surface area contributed by atoms with Crippen molar-refractivity contribution in [1.82, 2.24) is 9.80 Å². The molecule has 1 amide bonds. The van der Waals surface area contributed by atoms with Gasteiger partial charge >= 0.3 is 6.09 Å². The predicted molar refractivity (Wildman–Crippen MR) is 78.3 cm³/mol. The largest absolute Gasteiger partial charge is 0.445 e. The first-order valence-corrected chi connectivity index (χ1v) is 7.08. The Morgan fingerprint density at radius 1 is 1.25 bits per heavy atom. The minimum atomic E-state index is -0.227. The summed E-state index contributed by atoms with van der Waals surface area (Å²) >= 11 is 0. The van der Waals surface area contributed by atoms with E-state index in [0.717, 1.165) is 25.2 Å². The number of hydrogen-bond acceptors (Lipinski definition) is 4. The molecule has 1 aliphatic rings. The van der Waals surface area contributed by atoms with Gasteiger partial charge in [-0.1, -0.05) is 30.3 Å². The number of amides is 1. The summed E-state index contributed by atoms with van der Waals surface area (Å²) in [5.41, 5.74) is 6.79. The Morgan fingerprint density at radius 3 is 2.50 bits per heavy atom. The van der Waals surface area contributed by atoms with Crippen molar-refractivity contribution in [3.63, 3.8) is 0 Å². The van der Waals surface area contributed by atoms with Gasteiger partial charge in [0.05, 0.1) is 0 Å². The molecule has 0 bridgehead atoms. The summed E-state index contributed by atoms with van der Waals surface area (Å²) < 4.78 is 5.33. The van der Waals surface area contributed by atoms with Crippen molar-refractivity contribution >= 4 is 6.09 Å². The highest BCUT2D eigenvalue weighted by atomic mass is 16.6. The van der Waals surface area contributed by atoms with Crippen LogP contribution in [0, 0.1) is 0 Å². The third kappa shape index (κ3) is 4.51. The number of piperazine rings is 1. The number of benzene rings is 1. The Hall–Kier alpha value is -1.59. The molecule has 0 aromatic heterocycles. The molecule has 110 valence electrons. The fourth-order valence-electron chi connectivity index (χ4n) is 2.33. The molecular formula is C15H23N3O2. The molecule has 5 heteroatoms. The zero-order chi connectivity index (χ0) is 14.4. The molecule has 1 aromatic rings. The molecule has 1 aromatic carbocycles. The quantitative estimate of drug-likeness (QED) is 0.901. The molecule has 5 nitrogen and oxygen atoms in total. The van der Waals surface area contributed by atoms with Crippen LogP contribution in [0.5, 0.6) is 0 Å². The molecule has 0 aliphatic carbocycles. The van der Waals surface area contributed by atoms with E-state index in [2.05, 4.69) is 4.90 Å². The van der Waals surface area contributed by atoms with Gasteiger partial charge in [0, 0.05) is 38.8 Å². The van der Waals surface area contributed by atoms with Crippen LogP contribution >= 0.6 is 0 Å². The van der Waals surface area contributed by atoms with Crippen LogP contribution in [0.1, 0.15) is 12.5 Å². The summed E-state index contributed by atoms with van der Waals surface area (Å²) in [4.78, 5) is 16.0. The first-order valence-electron chi connectivity index (χ1n) is 7.08.